The van der Waals surface area contributed by atoms with Crippen LogP contribution in [0.4, 0.5) is 5.69 Å². The number of hydrogen-bond acceptors (Lipinski definition) is 4. The molecule has 0 atom stereocenters. The summed E-state index contributed by atoms with van der Waals surface area (Å²) in [7, 11) is 0. The molecule has 88 valence electrons. The summed E-state index contributed by atoms with van der Waals surface area (Å²) in [5, 5.41) is 13.8. The fourth-order valence-electron chi connectivity index (χ4n) is 1.36. The average molecular weight is 223 g/mol. The molecule has 0 bridgehead atoms. The number of para-hydroxylation sites is 1. The zero-order valence-corrected chi connectivity index (χ0v) is 9.56. The molecule has 0 fully saturated rings. The summed E-state index contributed by atoms with van der Waals surface area (Å²) in [6.07, 6.45) is 0. The number of benzene rings is 1. The minimum absolute atomic E-state index is 0.143. The molecule has 5 heteroatoms. The zero-order valence-electron chi connectivity index (χ0n) is 9.56. The van der Waals surface area contributed by atoms with Crippen molar-refractivity contribution in [3.63, 3.8) is 0 Å². The molecule has 0 heterocycles. The first-order valence-electron chi connectivity index (χ1n) is 5.12. The van der Waals surface area contributed by atoms with Gasteiger partial charge in [0.25, 0.3) is 5.69 Å². The van der Waals surface area contributed by atoms with Crippen LogP contribution in [0.25, 0.3) is 0 Å². The third-order valence-corrected chi connectivity index (χ3v) is 2.08. The molecule has 16 heavy (non-hydrogen) atoms. The third-order valence-electron chi connectivity index (χ3n) is 2.08. The predicted octanol–water partition coefficient (Wildman–Crippen LogP) is 1.42. The normalized spacial score (nSPS) is 11.4. The van der Waals surface area contributed by atoms with E-state index >= 15 is 0 Å². The van der Waals surface area contributed by atoms with Crippen LogP contribution < -0.4 is 11.1 Å². The van der Waals surface area contributed by atoms with Crippen LogP contribution in [0.3, 0.4) is 0 Å². The second kappa shape index (κ2) is 5.05. The quantitative estimate of drug-likeness (QED) is 0.584. The fraction of sp³-hybridized carbons (Fsp3) is 0.455. The molecule has 0 aliphatic carbocycles. The Balaban J connectivity index is 2.64. The van der Waals surface area contributed by atoms with Gasteiger partial charge in [-0.15, -0.1) is 0 Å². The molecule has 0 spiro atoms. The molecular formula is C11H17N3O2. The fourth-order valence-corrected chi connectivity index (χ4v) is 1.36. The Kier molecular flexibility index (Phi) is 3.98. The molecule has 0 saturated heterocycles. The van der Waals surface area contributed by atoms with Crippen LogP contribution in [0.1, 0.15) is 19.4 Å². The van der Waals surface area contributed by atoms with Crippen molar-refractivity contribution in [2.45, 2.75) is 25.9 Å². The van der Waals surface area contributed by atoms with Gasteiger partial charge in [-0.25, -0.2) is 0 Å². The van der Waals surface area contributed by atoms with Gasteiger partial charge in [0.05, 0.1) is 4.92 Å². The summed E-state index contributed by atoms with van der Waals surface area (Å²) in [5.41, 5.74) is 6.31. The lowest BCUT2D eigenvalue weighted by atomic mass is 10.1. The van der Waals surface area contributed by atoms with E-state index in [1.807, 2.05) is 13.8 Å². The smallest absolute Gasteiger partial charge is 0.273 e. The van der Waals surface area contributed by atoms with Crippen LogP contribution in [0.2, 0.25) is 0 Å². The highest BCUT2D eigenvalue weighted by molar-refractivity contribution is 5.39. The van der Waals surface area contributed by atoms with Gasteiger partial charge in [-0.05, 0) is 13.8 Å². The molecule has 3 N–H and O–H groups in total. The Morgan fingerprint density at radius 3 is 2.62 bits per heavy atom. The van der Waals surface area contributed by atoms with Gasteiger partial charge in [-0.3, -0.25) is 10.1 Å². The first-order valence-corrected chi connectivity index (χ1v) is 5.12. The minimum Gasteiger partial charge on any atom is -0.324 e. The number of rotatable bonds is 5. The largest absolute Gasteiger partial charge is 0.324 e. The number of hydrogen-bond donors (Lipinski definition) is 2. The van der Waals surface area contributed by atoms with E-state index in [4.69, 9.17) is 5.73 Å². The van der Waals surface area contributed by atoms with E-state index in [9.17, 15) is 10.1 Å². The summed E-state index contributed by atoms with van der Waals surface area (Å²) >= 11 is 0. The van der Waals surface area contributed by atoms with Crippen LogP contribution in [0.5, 0.6) is 0 Å². The van der Waals surface area contributed by atoms with Gasteiger partial charge in [-0.1, -0.05) is 18.2 Å². The lowest BCUT2D eigenvalue weighted by Gasteiger charge is -2.18. The molecule has 1 rings (SSSR count). The lowest BCUT2D eigenvalue weighted by molar-refractivity contribution is -0.385. The van der Waals surface area contributed by atoms with Crippen molar-refractivity contribution in [3.05, 3.63) is 39.9 Å². The molecule has 0 aliphatic heterocycles. The van der Waals surface area contributed by atoms with Crippen molar-refractivity contribution < 1.29 is 4.92 Å². The summed E-state index contributed by atoms with van der Waals surface area (Å²) in [6.45, 7) is 4.87. The number of nitro benzene ring substituents is 1. The van der Waals surface area contributed by atoms with E-state index in [0.717, 1.165) is 0 Å². The van der Waals surface area contributed by atoms with E-state index in [2.05, 4.69) is 5.32 Å². The van der Waals surface area contributed by atoms with Crippen LogP contribution in [-0.4, -0.2) is 17.0 Å². The molecule has 0 saturated carbocycles. The van der Waals surface area contributed by atoms with E-state index in [1.165, 1.54) is 6.07 Å². The first-order chi connectivity index (χ1) is 7.40. The van der Waals surface area contributed by atoms with Crippen molar-refractivity contribution in [2.75, 3.05) is 6.54 Å². The Hall–Kier alpha value is -1.46. The topological polar surface area (TPSA) is 81.2 Å². The Labute approximate surface area is 94.8 Å². The molecule has 0 aliphatic rings. The minimum atomic E-state index is -0.370. The van der Waals surface area contributed by atoms with Crippen LogP contribution in [0.15, 0.2) is 24.3 Å². The molecular weight excluding hydrogens is 206 g/mol. The van der Waals surface area contributed by atoms with E-state index in [1.54, 1.807) is 18.2 Å². The maximum absolute atomic E-state index is 10.7. The summed E-state index contributed by atoms with van der Waals surface area (Å²) in [4.78, 5) is 10.4. The zero-order chi connectivity index (χ0) is 12.2. The molecule has 5 nitrogen and oxygen atoms in total. The first kappa shape index (κ1) is 12.6. The Bertz CT molecular complexity index is 372. The molecule has 1 aromatic carbocycles. The van der Waals surface area contributed by atoms with Crippen molar-refractivity contribution in [1.82, 2.24) is 5.32 Å². The second-order valence-electron chi connectivity index (χ2n) is 4.48. The molecule has 0 aromatic heterocycles. The van der Waals surface area contributed by atoms with Crippen LogP contribution in [0, 0.1) is 10.1 Å². The van der Waals surface area contributed by atoms with Gasteiger partial charge in [0.15, 0.2) is 0 Å². The second-order valence-corrected chi connectivity index (χ2v) is 4.48. The average Bonchev–Trinajstić information content (AvgIpc) is 2.16. The highest BCUT2D eigenvalue weighted by Crippen LogP contribution is 2.17. The van der Waals surface area contributed by atoms with Gasteiger partial charge in [0, 0.05) is 30.3 Å². The van der Waals surface area contributed by atoms with Crippen molar-refractivity contribution in [3.8, 4) is 0 Å². The molecule has 1 aromatic rings. The van der Waals surface area contributed by atoms with Crippen LogP contribution in [-0.2, 0) is 6.54 Å². The van der Waals surface area contributed by atoms with Gasteiger partial charge in [0.2, 0.25) is 0 Å². The number of nitro groups is 1. The molecule has 0 amide bonds. The molecule has 0 radical (unpaired) electrons. The number of nitrogens with zero attached hydrogens (tertiary/aromatic N) is 1. The van der Waals surface area contributed by atoms with E-state index in [-0.39, 0.29) is 16.1 Å². The van der Waals surface area contributed by atoms with Crippen LogP contribution >= 0.6 is 0 Å². The standard InChI is InChI=1S/C11H17N3O2/c1-11(2,12)8-13-7-9-5-3-4-6-10(9)14(15)16/h3-6,13H,7-8,12H2,1-2H3. The predicted molar refractivity (Wildman–Crippen MR) is 63.1 cm³/mol. The van der Waals surface area contributed by atoms with Crippen molar-refractivity contribution in [1.29, 1.82) is 0 Å². The number of nitrogens with one attached hydrogen (secondary N) is 1. The lowest BCUT2D eigenvalue weighted by Crippen LogP contribution is -2.42. The summed E-state index contributed by atoms with van der Waals surface area (Å²) in [6, 6.07) is 6.70. The van der Waals surface area contributed by atoms with Gasteiger partial charge < -0.3 is 11.1 Å². The monoisotopic (exact) mass is 223 g/mol. The Morgan fingerprint density at radius 1 is 1.44 bits per heavy atom. The molecule has 0 unspecified atom stereocenters. The van der Waals surface area contributed by atoms with Gasteiger partial charge in [-0.2, -0.15) is 0 Å². The summed E-state index contributed by atoms with van der Waals surface area (Å²) < 4.78 is 0. The van der Waals surface area contributed by atoms with E-state index < -0.39 is 0 Å². The maximum Gasteiger partial charge on any atom is 0.273 e. The van der Waals surface area contributed by atoms with Crippen molar-refractivity contribution >= 4 is 5.69 Å². The maximum atomic E-state index is 10.7. The third kappa shape index (κ3) is 3.96. The SMILES string of the molecule is CC(C)(N)CNCc1ccccc1[N+](=O)[O-]. The summed E-state index contributed by atoms with van der Waals surface area (Å²) in [5.74, 6) is 0. The van der Waals surface area contributed by atoms with Crippen molar-refractivity contribution in [2.24, 2.45) is 5.73 Å². The van der Waals surface area contributed by atoms with Gasteiger partial charge in [0.1, 0.15) is 0 Å². The van der Waals surface area contributed by atoms with Gasteiger partial charge >= 0.3 is 0 Å². The van der Waals surface area contributed by atoms with E-state index in [0.29, 0.717) is 18.7 Å². The Morgan fingerprint density at radius 2 is 2.06 bits per heavy atom. The number of nitrogens with two attached hydrogens (primary N) is 1. The highest BCUT2D eigenvalue weighted by atomic mass is 16.6. The highest BCUT2D eigenvalue weighted by Gasteiger charge is 2.13.